The zero-order valence-electron chi connectivity index (χ0n) is 16.4. The number of hydrazone groups is 1. The van der Waals surface area contributed by atoms with Crippen LogP contribution in [-0.4, -0.2) is 24.2 Å². The molecule has 0 aliphatic carbocycles. The lowest BCUT2D eigenvalue weighted by atomic mass is 10.2. The number of para-hydroxylation sites is 1. The van der Waals surface area contributed by atoms with Gasteiger partial charge in [-0.2, -0.15) is 5.10 Å². The Morgan fingerprint density at radius 1 is 1.16 bits per heavy atom. The van der Waals surface area contributed by atoms with E-state index >= 15 is 0 Å². The Hall–Kier alpha value is -3.72. The Bertz CT molecular complexity index is 1120. The predicted octanol–water partition coefficient (Wildman–Crippen LogP) is 4.71. The SMILES string of the molecule is COc1cc(/C=N\NC(=O)c2ccccc2[N+](=O)[O-])cc(Br)c1OCc1ccccc1. The summed E-state index contributed by atoms with van der Waals surface area (Å²) in [7, 11) is 1.52. The zero-order valence-corrected chi connectivity index (χ0v) is 18.0. The molecule has 0 radical (unpaired) electrons. The molecule has 0 unspecified atom stereocenters. The van der Waals surface area contributed by atoms with E-state index < -0.39 is 10.8 Å². The number of benzene rings is 3. The van der Waals surface area contributed by atoms with E-state index in [0.29, 0.717) is 28.1 Å². The van der Waals surface area contributed by atoms with Crippen LogP contribution in [0.4, 0.5) is 5.69 Å². The van der Waals surface area contributed by atoms with Gasteiger partial charge in [0.25, 0.3) is 11.6 Å². The Balaban J connectivity index is 1.72. The summed E-state index contributed by atoms with van der Waals surface area (Å²) in [6, 6.07) is 18.8. The van der Waals surface area contributed by atoms with Crippen LogP contribution in [0.1, 0.15) is 21.5 Å². The van der Waals surface area contributed by atoms with Crippen LogP contribution in [0.25, 0.3) is 0 Å². The maximum atomic E-state index is 12.2. The van der Waals surface area contributed by atoms with Crippen molar-refractivity contribution in [1.29, 1.82) is 0 Å². The molecule has 0 aliphatic rings. The van der Waals surface area contributed by atoms with Crippen molar-refractivity contribution in [3.05, 3.63) is 98.0 Å². The van der Waals surface area contributed by atoms with Crippen molar-refractivity contribution in [1.82, 2.24) is 5.43 Å². The third-order valence-corrected chi connectivity index (χ3v) is 4.79. The highest BCUT2D eigenvalue weighted by atomic mass is 79.9. The highest BCUT2D eigenvalue weighted by Crippen LogP contribution is 2.36. The molecular formula is C22H18BrN3O5. The third-order valence-electron chi connectivity index (χ3n) is 4.20. The van der Waals surface area contributed by atoms with Crippen LogP contribution in [0.5, 0.6) is 11.5 Å². The van der Waals surface area contributed by atoms with Gasteiger partial charge < -0.3 is 9.47 Å². The number of nitrogens with zero attached hydrogens (tertiary/aromatic N) is 2. The normalized spacial score (nSPS) is 10.6. The molecule has 1 N–H and O–H groups in total. The molecule has 0 spiro atoms. The molecule has 3 aromatic rings. The molecule has 1 amide bonds. The Labute approximate surface area is 186 Å². The van der Waals surface area contributed by atoms with Gasteiger partial charge in [-0.1, -0.05) is 42.5 Å². The fourth-order valence-electron chi connectivity index (χ4n) is 2.73. The van der Waals surface area contributed by atoms with Gasteiger partial charge in [0, 0.05) is 6.07 Å². The minimum Gasteiger partial charge on any atom is -0.493 e. The monoisotopic (exact) mass is 483 g/mol. The second kappa shape index (κ2) is 10.4. The number of hydrogen-bond acceptors (Lipinski definition) is 6. The van der Waals surface area contributed by atoms with Crippen molar-refractivity contribution in [2.75, 3.05) is 7.11 Å². The van der Waals surface area contributed by atoms with E-state index in [4.69, 9.17) is 9.47 Å². The molecule has 9 heteroatoms. The van der Waals surface area contributed by atoms with E-state index in [0.717, 1.165) is 5.56 Å². The number of amides is 1. The summed E-state index contributed by atoms with van der Waals surface area (Å²) in [4.78, 5) is 22.7. The van der Waals surface area contributed by atoms with Gasteiger partial charge in [0.2, 0.25) is 0 Å². The molecule has 0 atom stereocenters. The quantitative estimate of drug-likeness (QED) is 0.284. The fourth-order valence-corrected chi connectivity index (χ4v) is 3.31. The van der Waals surface area contributed by atoms with Crippen molar-refractivity contribution < 1.29 is 19.2 Å². The van der Waals surface area contributed by atoms with Crippen molar-refractivity contribution in [2.24, 2.45) is 5.10 Å². The number of hydrogen-bond donors (Lipinski definition) is 1. The van der Waals surface area contributed by atoms with Crippen LogP contribution in [0, 0.1) is 10.1 Å². The van der Waals surface area contributed by atoms with Gasteiger partial charge in [-0.15, -0.1) is 0 Å². The van der Waals surface area contributed by atoms with Gasteiger partial charge in [0.1, 0.15) is 12.2 Å². The van der Waals surface area contributed by atoms with Crippen molar-refractivity contribution >= 4 is 33.7 Å². The van der Waals surface area contributed by atoms with Gasteiger partial charge in [-0.3, -0.25) is 14.9 Å². The first kappa shape index (κ1) is 22.0. The molecule has 158 valence electrons. The maximum Gasteiger partial charge on any atom is 0.282 e. The molecule has 3 rings (SSSR count). The lowest BCUT2D eigenvalue weighted by Crippen LogP contribution is -2.18. The minimum atomic E-state index is -0.683. The number of rotatable bonds is 8. The second-order valence-electron chi connectivity index (χ2n) is 6.28. The Kier molecular flexibility index (Phi) is 7.34. The van der Waals surface area contributed by atoms with E-state index in [1.807, 2.05) is 30.3 Å². The van der Waals surface area contributed by atoms with Crippen LogP contribution < -0.4 is 14.9 Å². The lowest BCUT2D eigenvalue weighted by molar-refractivity contribution is -0.385. The van der Waals surface area contributed by atoms with Crippen LogP contribution in [0.3, 0.4) is 0 Å². The first-order valence-electron chi connectivity index (χ1n) is 9.10. The fraction of sp³-hybridized carbons (Fsp3) is 0.0909. The lowest BCUT2D eigenvalue weighted by Gasteiger charge is -2.13. The first-order chi connectivity index (χ1) is 15.0. The third kappa shape index (κ3) is 5.67. The van der Waals surface area contributed by atoms with E-state index in [1.54, 1.807) is 18.2 Å². The maximum absolute atomic E-state index is 12.2. The highest BCUT2D eigenvalue weighted by molar-refractivity contribution is 9.10. The summed E-state index contributed by atoms with van der Waals surface area (Å²) in [6.07, 6.45) is 1.40. The summed E-state index contributed by atoms with van der Waals surface area (Å²) >= 11 is 3.47. The number of methoxy groups -OCH3 is 1. The average molecular weight is 484 g/mol. The van der Waals surface area contributed by atoms with Gasteiger partial charge in [-0.25, -0.2) is 5.43 Å². The summed E-state index contributed by atoms with van der Waals surface area (Å²) < 4.78 is 11.9. The van der Waals surface area contributed by atoms with Gasteiger partial charge >= 0.3 is 0 Å². The molecular weight excluding hydrogens is 466 g/mol. The van der Waals surface area contributed by atoms with Crippen LogP contribution in [0.15, 0.2) is 76.3 Å². The topological polar surface area (TPSA) is 103 Å². The number of ether oxygens (including phenoxy) is 2. The van der Waals surface area contributed by atoms with Crippen molar-refractivity contribution in [3.8, 4) is 11.5 Å². The summed E-state index contributed by atoms with van der Waals surface area (Å²) in [5.41, 5.74) is 3.57. The minimum absolute atomic E-state index is 0.0759. The zero-order chi connectivity index (χ0) is 22.2. The average Bonchev–Trinajstić information content (AvgIpc) is 2.78. The standard InChI is InChI=1S/C22H18BrN3O5/c1-30-20-12-16(11-18(23)21(20)31-14-15-7-3-2-4-8-15)13-24-25-22(27)17-9-5-6-10-19(17)26(28)29/h2-13H,14H2,1H3,(H,25,27)/b24-13-. The molecule has 0 aromatic heterocycles. The number of carbonyl (C=O) groups excluding carboxylic acids is 1. The number of nitro benzene ring substituents is 1. The molecule has 0 saturated heterocycles. The molecule has 31 heavy (non-hydrogen) atoms. The van der Waals surface area contributed by atoms with Gasteiger partial charge in [-0.05, 0) is 45.3 Å². The van der Waals surface area contributed by atoms with Gasteiger partial charge in [0.15, 0.2) is 11.5 Å². The van der Waals surface area contributed by atoms with Crippen LogP contribution in [0.2, 0.25) is 0 Å². The van der Waals surface area contributed by atoms with Crippen molar-refractivity contribution in [2.45, 2.75) is 6.61 Å². The number of carbonyl (C=O) groups is 1. The second-order valence-corrected chi connectivity index (χ2v) is 7.14. The molecule has 8 nitrogen and oxygen atoms in total. The van der Waals surface area contributed by atoms with E-state index in [1.165, 1.54) is 31.5 Å². The molecule has 0 fully saturated rings. The molecule has 0 aliphatic heterocycles. The first-order valence-corrected chi connectivity index (χ1v) is 9.90. The molecule has 0 saturated carbocycles. The van der Waals surface area contributed by atoms with Crippen LogP contribution >= 0.6 is 15.9 Å². The number of nitrogens with one attached hydrogen (secondary N) is 1. The highest BCUT2D eigenvalue weighted by Gasteiger charge is 2.18. The summed E-state index contributed by atoms with van der Waals surface area (Å²) in [6.45, 7) is 0.370. The molecule has 0 heterocycles. The Morgan fingerprint density at radius 3 is 2.58 bits per heavy atom. The molecule has 0 bridgehead atoms. The predicted molar refractivity (Wildman–Crippen MR) is 120 cm³/mol. The van der Waals surface area contributed by atoms with Gasteiger partial charge in [0.05, 0.1) is 22.7 Å². The summed E-state index contributed by atoms with van der Waals surface area (Å²) in [5.74, 6) is 0.335. The van der Waals surface area contributed by atoms with E-state index in [2.05, 4.69) is 26.5 Å². The number of halogens is 1. The summed E-state index contributed by atoms with van der Waals surface area (Å²) in [5, 5.41) is 15.0. The largest absolute Gasteiger partial charge is 0.493 e. The van der Waals surface area contributed by atoms with E-state index in [9.17, 15) is 14.9 Å². The van der Waals surface area contributed by atoms with E-state index in [-0.39, 0.29) is 11.3 Å². The van der Waals surface area contributed by atoms with Crippen LogP contribution in [-0.2, 0) is 6.61 Å². The van der Waals surface area contributed by atoms with Crippen molar-refractivity contribution in [3.63, 3.8) is 0 Å². The molecule has 3 aromatic carbocycles. The number of nitro groups is 1. The smallest absolute Gasteiger partial charge is 0.282 e. The Morgan fingerprint density at radius 2 is 1.87 bits per heavy atom.